The topological polar surface area (TPSA) is 92.8 Å². The maximum atomic E-state index is 12.6. The second-order valence-electron chi connectivity index (χ2n) is 6.35. The van der Waals surface area contributed by atoms with E-state index in [1.54, 1.807) is 18.2 Å². The molecule has 10 heteroatoms. The SMILES string of the molecule is COC(=O)c1c(NC(=O)CN(c2cccc(Cl)c2)S(C)(=O)=O)sc2c1CCC2. The average Bonchev–Trinajstić information content (AvgIpc) is 3.18. The maximum absolute atomic E-state index is 12.6. The lowest BCUT2D eigenvalue weighted by Gasteiger charge is -2.22. The Hall–Kier alpha value is -2.10. The van der Waals surface area contributed by atoms with Gasteiger partial charge in [0.25, 0.3) is 0 Å². The van der Waals surface area contributed by atoms with Gasteiger partial charge < -0.3 is 10.1 Å². The second-order valence-corrected chi connectivity index (χ2v) is 9.80. The first-order chi connectivity index (χ1) is 13.2. The van der Waals surface area contributed by atoms with Crippen LogP contribution in [0.2, 0.25) is 5.02 Å². The predicted octanol–water partition coefficient (Wildman–Crippen LogP) is 3.08. The minimum atomic E-state index is -3.72. The summed E-state index contributed by atoms with van der Waals surface area (Å²) in [5.41, 5.74) is 1.55. The summed E-state index contributed by atoms with van der Waals surface area (Å²) in [6.07, 6.45) is 3.57. The van der Waals surface area contributed by atoms with Gasteiger partial charge >= 0.3 is 5.97 Å². The van der Waals surface area contributed by atoms with Crippen molar-refractivity contribution in [3.63, 3.8) is 0 Å². The number of nitrogens with one attached hydrogen (secondary N) is 1. The third-order valence-corrected chi connectivity index (χ3v) is 6.93. The van der Waals surface area contributed by atoms with Crippen molar-refractivity contribution in [2.75, 3.05) is 29.5 Å². The van der Waals surface area contributed by atoms with Crippen molar-refractivity contribution in [2.45, 2.75) is 19.3 Å². The zero-order valence-electron chi connectivity index (χ0n) is 15.3. The lowest BCUT2D eigenvalue weighted by Crippen LogP contribution is -2.37. The molecule has 1 amide bonds. The molecule has 1 aliphatic rings. The number of thiophene rings is 1. The highest BCUT2D eigenvalue weighted by atomic mass is 35.5. The highest BCUT2D eigenvalue weighted by Gasteiger charge is 2.29. The molecule has 1 aromatic carbocycles. The van der Waals surface area contributed by atoms with Crippen molar-refractivity contribution in [1.29, 1.82) is 0 Å². The number of hydrogen-bond acceptors (Lipinski definition) is 6. The van der Waals surface area contributed by atoms with Crippen molar-refractivity contribution in [3.05, 3.63) is 45.3 Å². The molecule has 1 heterocycles. The van der Waals surface area contributed by atoms with Crippen LogP contribution in [0.4, 0.5) is 10.7 Å². The number of methoxy groups -OCH3 is 1. The molecule has 7 nitrogen and oxygen atoms in total. The fourth-order valence-corrected chi connectivity index (χ4v) is 5.46. The van der Waals surface area contributed by atoms with E-state index in [1.165, 1.54) is 24.5 Å². The third-order valence-electron chi connectivity index (χ3n) is 4.35. The van der Waals surface area contributed by atoms with Crippen LogP contribution in [0.15, 0.2) is 24.3 Å². The number of amides is 1. The number of fused-ring (bicyclic) bond motifs is 1. The van der Waals surface area contributed by atoms with Crippen molar-refractivity contribution in [1.82, 2.24) is 0 Å². The third kappa shape index (κ3) is 4.31. The molecule has 0 bridgehead atoms. The molecule has 1 aliphatic carbocycles. The standard InChI is InChI=1S/C18H19ClN2O5S2/c1-26-18(23)16-13-7-4-8-14(13)27-17(16)20-15(22)10-21(28(2,24)25)12-6-3-5-11(19)9-12/h3,5-6,9H,4,7-8,10H2,1-2H3,(H,20,22). The minimum Gasteiger partial charge on any atom is -0.465 e. The Morgan fingerprint density at radius 1 is 1.32 bits per heavy atom. The zero-order chi connectivity index (χ0) is 20.5. The first-order valence-electron chi connectivity index (χ1n) is 8.46. The van der Waals surface area contributed by atoms with Crippen molar-refractivity contribution in [3.8, 4) is 0 Å². The molecule has 0 unspecified atom stereocenters. The summed E-state index contributed by atoms with van der Waals surface area (Å²) < 4.78 is 30.2. The molecule has 1 aromatic heterocycles. The van der Waals surface area contributed by atoms with Crippen molar-refractivity contribution >= 4 is 55.5 Å². The van der Waals surface area contributed by atoms with Crippen molar-refractivity contribution in [2.24, 2.45) is 0 Å². The minimum absolute atomic E-state index is 0.284. The lowest BCUT2D eigenvalue weighted by molar-refractivity contribution is -0.114. The van der Waals surface area contributed by atoms with Crippen LogP contribution in [0.25, 0.3) is 0 Å². The first-order valence-corrected chi connectivity index (χ1v) is 11.5. The average molecular weight is 443 g/mol. The Labute approximate surface area is 172 Å². The fraction of sp³-hybridized carbons (Fsp3) is 0.333. The van der Waals surface area contributed by atoms with Crippen LogP contribution in [-0.2, 0) is 32.4 Å². The van der Waals surface area contributed by atoms with E-state index in [4.69, 9.17) is 16.3 Å². The number of sulfonamides is 1. The molecule has 0 aliphatic heterocycles. The number of hydrogen-bond donors (Lipinski definition) is 1. The number of halogens is 1. The van der Waals surface area contributed by atoms with Gasteiger partial charge in [-0.15, -0.1) is 11.3 Å². The molecule has 3 rings (SSSR count). The van der Waals surface area contributed by atoms with Gasteiger partial charge in [-0.3, -0.25) is 9.10 Å². The van der Waals surface area contributed by atoms with Gasteiger partial charge in [-0.05, 0) is 43.0 Å². The Bertz CT molecular complexity index is 1030. The van der Waals surface area contributed by atoms with Crippen molar-refractivity contribution < 1.29 is 22.7 Å². The number of carbonyl (C=O) groups is 2. The van der Waals surface area contributed by atoms with Gasteiger partial charge in [0, 0.05) is 9.90 Å². The first kappa shape index (κ1) is 20.6. The van der Waals surface area contributed by atoms with E-state index >= 15 is 0 Å². The monoisotopic (exact) mass is 442 g/mol. The summed E-state index contributed by atoms with van der Waals surface area (Å²) in [6, 6.07) is 6.24. The molecule has 0 fully saturated rings. The summed E-state index contributed by atoms with van der Waals surface area (Å²) >= 11 is 7.28. The highest BCUT2D eigenvalue weighted by Crippen LogP contribution is 2.39. The summed E-state index contributed by atoms with van der Waals surface area (Å²) in [5, 5.41) is 3.43. The lowest BCUT2D eigenvalue weighted by atomic mass is 10.1. The predicted molar refractivity (Wildman–Crippen MR) is 110 cm³/mol. The number of carbonyl (C=O) groups excluding carboxylic acids is 2. The quantitative estimate of drug-likeness (QED) is 0.694. The van der Waals surface area contributed by atoms with E-state index in [-0.39, 0.29) is 5.69 Å². The summed E-state index contributed by atoms with van der Waals surface area (Å²) in [6.45, 7) is -0.442. The number of esters is 1. The highest BCUT2D eigenvalue weighted by molar-refractivity contribution is 7.92. The van der Waals surface area contributed by atoms with Gasteiger partial charge in [-0.1, -0.05) is 17.7 Å². The molecule has 150 valence electrons. The Kier molecular flexibility index (Phi) is 5.97. The number of aryl methyl sites for hydroxylation is 1. The summed E-state index contributed by atoms with van der Waals surface area (Å²) in [5.74, 6) is -1.07. The van der Waals surface area contributed by atoms with Crippen LogP contribution in [-0.4, -0.2) is 40.2 Å². The molecular formula is C18H19ClN2O5S2. The van der Waals surface area contributed by atoms with Crippen LogP contribution in [0.5, 0.6) is 0 Å². The molecule has 0 atom stereocenters. The summed E-state index contributed by atoms with van der Waals surface area (Å²) in [7, 11) is -2.43. The zero-order valence-corrected chi connectivity index (χ0v) is 17.7. The normalized spacial score (nSPS) is 13.1. The van der Waals surface area contributed by atoms with Gasteiger partial charge in [0.05, 0.1) is 24.6 Å². The van der Waals surface area contributed by atoms with Crippen LogP contribution in [0.3, 0.4) is 0 Å². The van der Waals surface area contributed by atoms with E-state index in [0.717, 1.165) is 40.3 Å². The molecule has 0 spiro atoms. The molecule has 0 saturated heterocycles. The molecule has 0 radical (unpaired) electrons. The Morgan fingerprint density at radius 2 is 2.07 bits per heavy atom. The molecular weight excluding hydrogens is 424 g/mol. The maximum Gasteiger partial charge on any atom is 0.341 e. The smallest absolute Gasteiger partial charge is 0.341 e. The Balaban J connectivity index is 1.86. The number of anilines is 2. The van der Waals surface area contributed by atoms with Crippen LogP contribution < -0.4 is 9.62 Å². The van der Waals surface area contributed by atoms with E-state index in [1.807, 2.05) is 0 Å². The van der Waals surface area contributed by atoms with Gasteiger partial charge in [-0.2, -0.15) is 0 Å². The van der Waals surface area contributed by atoms with Gasteiger partial charge in [0.2, 0.25) is 15.9 Å². The van der Waals surface area contributed by atoms with Crippen LogP contribution in [0.1, 0.15) is 27.2 Å². The second kappa shape index (κ2) is 8.10. The summed E-state index contributed by atoms with van der Waals surface area (Å²) in [4.78, 5) is 25.9. The number of benzene rings is 1. The van der Waals surface area contributed by atoms with Gasteiger partial charge in [0.1, 0.15) is 11.5 Å². The number of ether oxygens (including phenoxy) is 1. The van der Waals surface area contributed by atoms with E-state index in [9.17, 15) is 18.0 Å². The Morgan fingerprint density at radius 3 is 2.71 bits per heavy atom. The van der Waals surface area contributed by atoms with E-state index in [0.29, 0.717) is 15.6 Å². The molecule has 1 N–H and O–H groups in total. The molecule has 28 heavy (non-hydrogen) atoms. The van der Waals surface area contributed by atoms with Crippen LogP contribution >= 0.6 is 22.9 Å². The van der Waals surface area contributed by atoms with Crippen LogP contribution in [0, 0.1) is 0 Å². The van der Waals surface area contributed by atoms with Gasteiger partial charge in [0.15, 0.2) is 0 Å². The molecule has 0 saturated carbocycles. The molecule has 2 aromatic rings. The van der Waals surface area contributed by atoms with E-state index < -0.39 is 28.4 Å². The fourth-order valence-electron chi connectivity index (χ4n) is 3.14. The number of nitrogens with zero attached hydrogens (tertiary/aromatic N) is 1. The largest absolute Gasteiger partial charge is 0.465 e. The van der Waals surface area contributed by atoms with E-state index in [2.05, 4.69) is 5.32 Å². The van der Waals surface area contributed by atoms with Gasteiger partial charge in [-0.25, -0.2) is 13.2 Å². The number of rotatable bonds is 6.